The summed E-state index contributed by atoms with van der Waals surface area (Å²) in [5, 5.41) is 0. The number of hydrogen-bond donors (Lipinski definition) is 0. The third-order valence-electron chi connectivity index (χ3n) is 5.40. The molecule has 1 fully saturated rings. The third-order valence-corrected chi connectivity index (χ3v) is 5.40. The zero-order chi connectivity index (χ0) is 15.6. The number of carbonyl (C=O) groups is 1. The van der Waals surface area contributed by atoms with Gasteiger partial charge in [0.2, 0.25) is 5.91 Å². The summed E-state index contributed by atoms with van der Waals surface area (Å²) in [7, 11) is 0. The van der Waals surface area contributed by atoms with Gasteiger partial charge in [-0.1, -0.05) is 38.5 Å². The Labute approximate surface area is 133 Å². The van der Waals surface area contributed by atoms with E-state index in [0.717, 1.165) is 50.9 Å². The fraction of sp³-hybridized carbons (Fsp3) is 0.632. The molecule has 120 valence electrons. The Kier molecular flexibility index (Phi) is 4.42. The highest BCUT2D eigenvalue weighted by Crippen LogP contribution is 2.39. The van der Waals surface area contributed by atoms with Gasteiger partial charge in [-0.2, -0.15) is 0 Å². The number of nitrogens with zero attached hydrogens (tertiary/aromatic N) is 1. The van der Waals surface area contributed by atoms with E-state index in [2.05, 4.69) is 32.0 Å². The number of benzene rings is 1. The van der Waals surface area contributed by atoms with Gasteiger partial charge in [-0.25, -0.2) is 0 Å². The summed E-state index contributed by atoms with van der Waals surface area (Å²) in [6, 6.07) is 8.36. The summed E-state index contributed by atoms with van der Waals surface area (Å²) in [5.74, 6) is 1.86. The first-order valence-electron chi connectivity index (χ1n) is 8.66. The molecule has 22 heavy (non-hydrogen) atoms. The van der Waals surface area contributed by atoms with Gasteiger partial charge in [0, 0.05) is 32.4 Å². The fourth-order valence-electron chi connectivity index (χ4n) is 3.54. The minimum Gasteiger partial charge on any atom is -0.487 e. The molecule has 0 aliphatic carbocycles. The number of likely N-dealkylation sites (tertiary alicyclic amines) is 1. The minimum atomic E-state index is -0.0402. The van der Waals surface area contributed by atoms with Crippen LogP contribution >= 0.6 is 0 Å². The number of ether oxygens (including phenoxy) is 1. The van der Waals surface area contributed by atoms with E-state index in [0.29, 0.717) is 18.2 Å². The highest BCUT2D eigenvalue weighted by Gasteiger charge is 2.40. The van der Waals surface area contributed by atoms with Gasteiger partial charge < -0.3 is 9.64 Å². The van der Waals surface area contributed by atoms with Gasteiger partial charge in [-0.05, 0) is 30.4 Å². The van der Waals surface area contributed by atoms with E-state index in [1.807, 2.05) is 11.0 Å². The first-order chi connectivity index (χ1) is 10.6. The summed E-state index contributed by atoms with van der Waals surface area (Å²) in [6.45, 7) is 6.00. The van der Waals surface area contributed by atoms with E-state index in [-0.39, 0.29) is 5.60 Å². The van der Waals surface area contributed by atoms with Crippen LogP contribution in [0.25, 0.3) is 0 Å². The largest absolute Gasteiger partial charge is 0.487 e. The lowest BCUT2D eigenvalue weighted by Crippen LogP contribution is -2.51. The smallest absolute Gasteiger partial charge is 0.222 e. The van der Waals surface area contributed by atoms with Gasteiger partial charge in [0.25, 0.3) is 0 Å². The number of para-hydroxylation sites is 1. The van der Waals surface area contributed by atoms with Crippen LogP contribution in [0.5, 0.6) is 5.75 Å². The van der Waals surface area contributed by atoms with Crippen molar-refractivity contribution in [1.29, 1.82) is 0 Å². The van der Waals surface area contributed by atoms with Gasteiger partial charge in [-0.15, -0.1) is 0 Å². The van der Waals surface area contributed by atoms with Crippen LogP contribution in [0.2, 0.25) is 0 Å². The van der Waals surface area contributed by atoms with Crippen LogP contribution in [0.15, 0.2) is 24.3 Å². The van der Waals surface area contributed by atoms with Crippen LogP contribution in [0.4, 0.5) is 0 Å². The molecule has 3 rings (SSSR count). The Morgan fingerprint density at radius 3 is 2.73 bits per heavy atom. The maximum absolute atomic E-state index is 12.3. The molecular weight excluding hydrogens is 274 g/mol. The Balaban J connectivity index is 1.59. The molecule has 0 saturated carbocycles. The lowest BCUT2D eigenvalue weighted by molar-refractivity contribution is -0.136. The topological polar surface area (TPSA) is 29.5 Å². The normalized spacial score (nSPS) is 21.1. The highest BCUT2D eigenvalue weighted by molar-refractivity contribution is 5.76. The molecule has 3 heteroatoms. The summed E-state index contributed by atoms with van der Waals surface area (Å²) < 4.78 is 6.35. The van der Waals surface area contributed by atoms with E-state index in [9.17, 15) is 4.79 Å². The molecule has 1 aromatic rings. The van der Waals surface area contributed by atoms with Gasteiger partial charge in [-0.3, -0.25) is 4.79 Å². The quantitative estimate of drug-likeness (QED) is 0.849. The predicted octanol–water partition coefficient (Wildman–Crippen LogP) is 3.81. The maximum atomic E-state index is 12.3. The van der Waals surface area contributed by atoms with Crippen LogP contribution in [0.1, 0.15) is 51.5 Å². The fourth-order valence-corrected chi connectivity index (χ4v) is 3.54. The minimum absolute atomic E-state index is 0.0402. The van der Waals surface area contributed by atoms with E-state index < -0.39 is 0 Å². The lowest BCUT2D eigenvalue weighted by atomic mass is 9.83. The van der Waals surface area contributed by atoms with Crippen molar-refractivity contribution in [3.63, 3.8) is 0 Å². The maximum Gasteiger partial charge on any atom is 0.222 e. The number of piperidine rings is 1. The Hall–Kier alpha value is -1.51. The van der Waals surface area contributed by atoms with Gasteiger partial charge in [0.1, 0.15) is 11.4 Å². The number of aryl methyl sites for hydroxylation is 1. The van der Waals surface area contributed by atoms with Crippen molar-refractivity contribution in [2.24, 2.45) is 5.92 Å². The molecule has 0 radical (unpaired) electrons. The molecule has 2 heterocycles. The third kappa shape index (κ3) is 3.13. The van der Waals surface area contributed by atoms with Crippen LogP contribution < -0.4 is 4.74 Å². The van der Waals surface area contributed by atoms with Crippen LogP contribution in [0, 0.1) is 5.92 Å². The molecule has 1 aromatic carbocycles. The molecule has 1 amide bonds. The van der Waals surface area contributed by atoms with Crippen LogP contribution in [-0.4, -0.2) is 29.5 Å². The molecule has 1 spiro atoms. The van der Waals surface area contributed by atoms with Crippen LogP contribution in [-0.2, 0) is 11.2 Å². The number of rotatable bonds is 3. The highest BCUT2D eigenvalue weighted by atomic mass is 16.5. The number of hydrogen-bond acceptors (Lipinski definition) is 2. The molecule has 2 aliphatic heterocycles. The van der Waals surface area contributed by atoms with Crippen molar-refractivity contribution in [2.45, 2.75) is 58.0 Å². The SMILES string of the molecule is CCC(C)CC(=O)N1CCC2(CCc3ccccc3O2)CC1. The zero-order valence-electron chi connectivity index (χ0n) is 13.8. The molecule has 1 unspecified atom stereocenters. The summed E-state index contributed by atoms with van der Waals surface area (Å²) in [4.78, 5) is 14.4. The first-order valence-corrected chi connectivity index (χ1v) is 8.66. The standard InChI is InChI=1S/C19H27NO2/c1-3-15(2)14-18(21)20-12-10-19(11-13-20)9-8-16-6-4-5-7-17(16)22-19/h4-7,15H,3,8-14H2,1-2H3. The number of carbonyl (C=O) groups excluding carboxylic acids is 1. The van der Waals surface area contributed by atoms with Crippen molar-refractivity contribution in [2.75, 3.05) is 13.1 Å². The summed E-state index contributed by atoms with van der Waals surface area (Å²) in [6.07, 6.45) is 5.87. The average molecular weight is 301 g/mol. The van der Waals surface area contributed by atoms with Crippen molar-refractivity contribution in [3.8, 4) is 5.75 Å². The predicted molar refractivity (Wildman–Crippen MR) is 88.0 cm³/mol. The van der Waals surface area contributed by atoms with Gasteiger partial charge in [0.05, 0.1) is 0 Å². The molecule has 1 atom stereocenters. The number of fused-ring (bicyclic) bond motifs is 1. The second-order valence-electron chi connectivity index (χ2n) is 6.99. The molecule has 0 bridgehead atoms. The van der Waals surface area contributed by atoms with E-state index in [1.54, 1.807) is 0 Å². The Bertz CT molecular complexity index is 532. The summed E-state index contributed by atoms with van der Waals surface area (Å²) >= 11 is 0. The average Bonchev–Trinajstić information content (AvgIpc) is 2.55. The van der Waals surface area contributed by atoms with E-state index >= 15 is 0 Å². The lowest BCUT2D eigenvalue weighted by Gasteiger charge is -2.44. The molecule has 1 saturated heterocycles. The molecule has 0 aromatic heterocycles. The van der Waals surface area contributed by atoms with E-state index in [4.69, 9.17) is 4.74 Å². The second kappa shape index (κ2) is 6.31. The Morgan fingerprint density at radius 2 is 2.00 bits per heavy atom. The van der Waals surface area contributed by atoms with E-state index in [1.165, 1.54) is 5.56 Å². The Morgan fingerprint density at radius 1 is 1.27 bits per heavy atom. The zero-order valence-corrected chi connectivity index (χ0v) is 13.8. The molecule has 3 nitrogen and oxygen atoms in total. The second-order valence-corrected chi connectivity index (χ2v) is 6.99. The first kappa shape index (κ1) is 15.4. The van der Waals surface area contributed by atoms with Gasteiger partial charge in [0.15, 0.2) is 0 Å². The van der Waals surface area contributed by atoms with Crippen molar-refractivity contribution < 1.29 is 9.53 Å². The van der Waals surface area contributed by atoms with Crippen molar-refractivity contribution in [3.05, 3.63) is 29.8 Å². The van der Waals surface area contributed by atoms with Gasteiger partial charge >= 0.3 is 0 Å². The van der Waals surface area contributed by atoms with Crippen molar-refractivity contribution >= 4 is 5.91 Å². The van der Waals surface area contributed by atoms with Crippen LogP contribution in [0.3, 0.4) is 0 Å². The molecular formula is C19H27NO2. The molecule has 0 N–H and O–H groups in total. The number of amides is 1. The monoisotopic (exact) mass is 301 g/mol. The van der Waals surface area contributed by atoms with Crippen molar-refractivity contribution in [1.82, 2.24) is 4.90 Å². The summed E-state index contributed by atoms with van der Waals surface area (Å²) in [5.41, 5.74) is 1.28. The molecule has 2 aliphatic rings.